The van der Waals surface area contributed by atoms with Crippen LogP contribution in [0, 0.1) is 0 Å². The molecule has 1 aromatic heterocycles. The van der Waals surface area contributed by atoms with Crippen LogP contribution in [0.2, 0.25) is 0 Å². The number of rotatable bonds is 5. The van der Waals surface area contributed by atoms with Crippen LogP contribution in [0.25, 0.3) is 0 Å². The van der Waals surface area contributed by atoms with Crippen molar-refractivity contribution in [3.05, 3.63) is 4.88 Å². The standard InChI is InChI=1S/C13H20N4OS/c1-2-13(6-3-7-13)17-11(18)9-10(14)16-12(19-9)15-8-4-5-8/h8H,2-7,14H2,1H3,(H,15,16)(H,17,18). The molecule has 0 spiro atoms. The van der Waals surface area contributed by atoms with Gasteiger partial charge in [0, 0.05) is 11.6 Å². The van der Waals surface area contributed by atoms with Gasteiger partial charge in [0.15, 0.2) is 5.13 Å². The number of nitrogen functional groups attached to an aromatic ring is 1. The Morgan fingerprint density at radius 3 is 2.79 bits per heavy atom. The van der Waals surface area contributed by atoms with E-state index in [1.807, 2.05) is 0 Å². The van der Waals surface area contributed by atoms with E-state index in [4.69, 9.17) is 5.73 Å². The number of nitrogens with two attached hydrogens (primary N) is 1. The second kappa shape index (κ2) is 4.67. The molecule has 0 aliphatic heterocycles. The number of carbonyl (C=O) groups is 1. The molecule has 0 unspecified atom stereocenters. The molecular weight excluding hydrogens is 260 g/mol. The summed E-state index contributed by atoms with van der Waals surface area (Å²) >= 11 is 1.36. The van der Waals surface area contributed by atoms with E-state index in [2.05, 4.69) is 22.5 Å². The molecule has 2 fully saturated rings. The number of nitrogens with one attached hydrogen (secondary N) is 2. The van der Waals surface area contributed by atoms with Gasteiger partial charge in [-0.2, -0.15) is 0 Å². The van der Waals surface area contributed by atoms with E-state index in [0.717, 1.165) is 24.4 Å². The highest BCUT2D eigenvalue weighted by atomic mass is 32.1. The van der Waals surface area contributed by atoms with Gasteiger partial charge in [-0.25, -0.2) is 4.98 Å². The summed E-state index contributed by atoms with van der Waals surface area (Å²) in [5.74, 6) is 0.275. The summed E-state index contributed by atoms with van der Waals surface area (Å²) in [7, 11) is 0. The first-order valence-electron chi connectivity index (χ1n) is 6.97. The molecule has 0 radical (unpaired) electrons. The van der Waals surface area contributed by atoms with Crippen LogP contribution in [0.1, 0.15) is 55.1 Å². The van der Waals surface area contributed by atoms with E-state index in [9.17, 15) is 4.79 Å². The second-order valence-corrected chi connectivity index (χ2v) is 6.59. The zero-order chi connectivity index (χ0) is 13.5. The number of thiazole rings is 1. The van der Waals surface area contributed by atoms with Gasteiger partial charge < -0.3 is 16.4 Å². The summed E-state index contributed by atoms with van der Waals surface area (Å²) in [5, 5.41) is 7.19. The van der Waals surface area contributed by atoms with Gasteiger partial charge in [-0.05, 0) is 38.5 Å². The largest absolute Gasteiger partial charge is 0.382 e. The molecule has 2 aliphatic carbocycles. The molecule has 0 atom stereocenters. The quantitative estimate of drug-likeness (QED) is 0.773. The summed E-state index contributed by atoms with van der Waals surface area (Å²) in [4.78, 5) is 17.1. The van der Waals surface area contributed by atoms with E-state index >= 15 is 0 Å². The summed E-state index contributed by atoms with van der Waals surface area (Å²) in [5.41, 5.74) is 5.85. The maximum atomic E-state index is 12.3. The minimum Gasteiger partial charge on any atom is -0.382 e. The number of nitrogens with zero attached hydrogens (tertiary/aromatic N) is 1. The zero-order valence-electron chi connectivity index (χ0n) is 11.2. The Morgan fingerprint density at radius 1 is 1.53 bits per heavy atom. The summed E-state index contributed by atoms with van der Waals surface area (Å²) < 4.78 is 0. The van der Waals surface area contributed by atoms with Gasteiger partial charge in [0.05, 0.1) is 0 Å². The number of carbonyl (C=O) groups excluding carboxylic acids is 1. The lowest BCUT2D eigenvalue weighted by atomic mass is 9.75. The first kappa shape index (κ1) is 12.7. The van der Waals surface area contributed by atoms with Crippen LogP contribution in [0.4, 0.5) is 10.9 Å². The Hall–Kier alpha value is -1.30. The molecule has 0 aromatic carbocycles. The van der Waals surface area contributed by atoms with Crippen molar-refractivity contribution in [3.8, 4) is 0 Å². The Labute approximate surface area is 117 Å². The van der Waals surface area contributed by atoms with Crippen LogP contribution in [0.5, 0.6) is 0 Å². The third-order valence-corrected chi connectivity index (χ3v) is 5.13. The predicted molar refractivity (Wildman–Crippen MR) is 77.5 cm³/mol. The van der Waals surface area contributed by atoms with Gasteiger partial charge in [0.25, 0.3) is 5.91 Å². The fourth-order valence-corrected chi connectivity index (χ4v) is 3.28. The zero-order valence-corrected chi connectivity index (χ0v) is 12.0. The summed E-state index contributed by atoms with van der Waals surface area (Å²) in [6.07, 6.45) is 6.67. The first-order valence-corrected chi connectivity index (χ1v) is 7.79. The van der Waals surface area contributed by atoms with Crippen molar-refractivity contribution in [1.29, 1.82) is 0 Å². The molecule has 1 aromatic rings. The van der Waals surface area contributed by atoms with Gasteiger partial charge >= 0.3 is 0 Å². The maximum Gasteiger partial charge on any atom is 0.265 e. The molecule has 3 rings (SSSR count). The molecule has 2 saturated carbocycles. The molecule has 0 bridgehead atoms. The first-order chi connectivity index (χ1) is 9.12. The number of hydrogen-bond acceptors (Lipinski definition) is 5. The molecule has 4 N–H and O–H groups in total. The van der Waals surface area contributed by atoms with Gasteiger partial charge in [0.1, 0.15) is 10.7 Å². The third-order valence-electron chi connectivity index (χ3n) is 4.13. The number of aromatic nitrogens is 1. The van der Waals surface area contributed by atoms with Crippen LogP contribution in [0.3, 0.4) is 0 Å². The Bertz CT molecular complexity index is 485. The molecule has 1 heterocycles. The monoisotopic (exact) mass is 280 g/mol. The number of hydrogen-bond donors (Lipinski definition) is 3. The van der Waals surface area contributed by atoms with E-state index in [1.54, 1.807) is 0 Å². The van der Waals surface area contributed by atoms with Crippen molar-refractivity contribution < 1.29 is 4.79 Å². The van der Waals surface area contributed by atoms with Crippen molar-refractivity contribution in [1.82, 2.24) is 10.3 Å². The lowest BCUT2D eigenvalue weighted by Crippen LogP contribution is -2.52. The van der Waals surface area contributed by atoms with E-state index in [1.165, 1.54) is 30.6 Å². The smallest absolute Gasteiger partial charge is 0.265 e. The molecule has 1 amide bonds. The van der Waals surface area contributed by atoms with Crippen molar-refractivity contribution in [2.24, 2.45) is 0 Å². The van der Waals surface area contributed by atoms with Gasteiger partial charge in [-0.15, -0.1) is 0 Å². The van der Waals surface area contributed by atoms with Crippen LogP contribution in [0.15, 0.2) is 0 Å². The molecule has 0 saturated heterocycles. The summed E-state index contributed by atoms with van der Waals surface area (Å²) in [6.45, 7) is 2.12. The molecule has 5 nitrogen and oxygen atoms in total. The van der Waals surface area contributed by atoms with Crippen molar-refractivity contribution in [2.75, 3.05) is 11.1 Å². The maximum absolute atomic E-state index is 12.3. The van der Waals surface area contributed by atoms with Gasteiger partial charge in [-0.1, -0.05) is 18.3 Å². The van der Waals surface area contributed by atoms with Crippen molar-refractivity contribution in [2.45, 2.75) is 57.0 Å². The SMILES string of the molecule is CCC1(NC(=O)c2sc(NC3CC3)nc2N)CCC1. The average Bonchev–Trinajstić information content (AvgIpc) is 3.06. The van der Waals surface area contributed by atoms with E-state index < -0.39 is 0 Å². The van der Waals surface area contributed by atoms with Crippen molar-refractivity contribution in [3.63, 3.8) is 0 Å². The van der Waals surface area contributed by atoms with Crippen LogP contribution in [-0.2, 0) is 0 Å². The van der Waals surface area contributed by atoms with E-state index in [0.29, 0.717) is 16.7 Å². The highest BCUT2D eigenvalue weighted by molar-refractivity contribution is 7.18. The van der Waals surface area contributed by atoms with Crippen LogP contribution >= 0.6 is 11.3 Å². The number of anilines is 2. The van der Waals surface area contributed by atoms with Gasteiger partial charge in [0.2, 0.25) is 0 Å². The Balaban J connectivity index is 1.69. The lowest BCUT2D eigenvalue weighted by Gasteiger charge is -2.41. The van der Waals surface area contributed by atoms with Crippen LogP contribution in [-0.4, -0.2) is 22.5 Å². The van der Waals surface area contributed by atoms with Gasteiger partial charge in [-0.3, -0.25) is 4.79 Å². The molecule has 104 valence electrons. The molecular formula is C13H20N4OS. The minimum absolute atomic E-state index is 0.00238. The highest BCUT2D eigenvalue weighted by Crippen LogP contribution is 2.36. The minimum atomic E-state index is -0.0691. The predicted octanol–water partition coefficient (Wildman–Crippen LogP) is 2.36. The molecule has 19 heavy (non-hydrogen) atoms. The topological polar surface area (TPSA) is 80.0 Å². The molecule has 6 heteroatoms. The highest BCUT2D eigenvalue weighted by Gasteiger charge is 2.37. The molecule has 2 aliphatic rings. The third kappa shape index (κ3) is 2.54. The number of amides is 1. The van der Waals surface area contributed by atoms with Crippen molar-refractivity contribution >= 4 is 28.2 Å². The summed E-state index contributed by atoms with van der Waals surface area (Å²) in [6, 6.07) is 0.523. The normalized spacial score (nSPS) is 20.7. The fraction of sp³-hybridized carbons (Fsp3) is 0.692. The fourth-order valence-electron chi connectivity index (χ4n) is 2.43. The second-order valence-electron chi connectivity index (χ2n) is 5.59. The Morgan fingerprint density at radius 2 is 2.26 bits per heavy atom. The Kier molecular flexibility index (Phi) is 3.12. The van der Waals surface area contributed by atoms with Crippen LogP contribution < -0.4 is 16.4 Å². The lowest BCUT2D eigenvalue weighted by molar-refractivity contribution is 0.0825. The average molecular weight is 280 g/mol. The van der Waals surface area contributed by atoms with E-state index in [-0.39, 0.29) is 11.4 Å².